The molecule has 2 saturated heterocycles. The standard InChI is InChI=1S/C39H55N5O6.C38H53N5O6.Na.H2O/c1-26(2)19-31(36(47)43-32(15-9-10-17-40)37(48)44-18-16-39(41,25-44)38(49)50-3)23-34(45)30(20-27-11-5-4-6-12-27)22-35(46)33-21-28-13-7-8-14-29(28)24-42-33;1-25(2)18-30(35(46)42-31(14-8-9-16-39)36(47)43-17-15-38(40,24-43)37(48)49)22-33(44)29(19-26-10-4-3-5-11-26)21-34(45)32-20-27-12-6-7-13-28(27)23-41-32;;/h4-8,11-14,26,30-33,42H,9-10,15-25,40-41H2,1-3H3,(H,43,47);3-7,10-13,25,29-32,41H,8-9,14-24,39-40H2,1-2H3,(H,42,46)(H,48,49);;1H2/q;;+1;/p-1/t30-,31-,32+,33+,39?;29-,30-,31+,32+,38?;;/m00../s1. The van der Waals surface area contributed by atoms with Crippen molar-refractivity contribution in [1.29, 1.82) is 0 Å². The third-order valence-electron chi connectivity index (χ3n) is 19.9. The van der Waals surface area contributed by atoms with Gasteiger partial charge in [-0.05, 0) is 148 Å². The number of hydrogen-bond acceptors (Lipinski definition) is 18. The number of hydrogen-bond donors (Lipinski definition) is 9. The van der Waals surface area contributed by atoms with Crippen LogP contribution in [0.3, 0.4) is 0 Å². The van der Waals surface area contributed by atoms with Crippen molar-refractivity contribution in [3.63, 3.8) is 0 Å². The molecule has 0 aliphatic carbocycles. The van der Waals surface area contributed by atoms with Crippen molar-refractivity contribution in [2.45, 2.75) is 192 Å². The Morgan fingerprint density at radius 2 is 0.901 bits per heavy atom. The second-order valence-electron chi connectivity index (χ2n) is 28.7. The van der Waals surface area contributed by atoms with Gasteiger partial charge in [0.15, 0.2) is 11.6 Å². The number of aliphatic carboxylic acids is 1. The fourth-order valence-corrected chi connectivity index (χ4v) is 14.2. The van der Waals surface area contributed by atoms with Crippen molar-refractivity contribution in [3.8, 4) is 0 Å². The zero-order chi connectivity index (χ0) is 71.8. The Hall–Kier alpha value is -6.90. The number of carbonyl (C=O) groups is 10. The smallest absolute Gasteiger partial charge is 0.870 e. The molecule has 4 aromatic carbocycles. The number of nitrogens with zero attached hydrogens (tertiary/aromatic N) is 2. The fraction of sp³-hybridized carbons (Fsp3) is 0.558. The average molecular weight is 1410 g/mol. The number of ether oxygens (including phenoxy) is 1. The molecule has 14 N–H and O–H groups in total. The summed E-state index contributed by atoms with van der Waals surface area (Å²) in [6, 6.07) is 32.8. The van der Waals surface area contributed by atoms with Crippen LogP contribution in [0.15, 0.2) is 109 Å². The Bertz CT molecular complexity index is 3400. The van der Waals surface area contributed by atoms with Crippen LogP contribution in [0.1, 0.15) is 151 Å². The maximum Gasteiger partial charge on any atom is 1.00 e. The molecular weight excluding hydrogens is 1300 g/mol. The predicted octanol–water partition coefficient (Wildman–Crippen LogP) is 2.45. The number of Topliss-reactive ketones (excluding diaryl/α,β-unsaturated/α-hetero) is 4. The van der Waals surface area contributed by atoms with Crippen LogP contribution < -0.4 is 73.8 Å². The number of methoxy groups -OCH3 is 1. The molecular formula is C77H109N10NaO13. The molecule has 0 radical (unpaired) electrons. The van der Waals surface area contributed by atoms with E-state index in [1.54, 1.807) is 0 Å². The molecule has 546 valence electrons. The van der Waals surface area contributed by atoms with Gasteiger partial charge in [-0.15, -0.1) is 0 Å². The summed E-state index contributed by atoms with van der Waals surface area (Å²) in [7, 11) is 1.26. The number of carboxylic acid groups (broad SMARTS) is 1. The van der Waals surface area contributed by atoms with Crippen LogP contribution in [0.2, 0.25) is 0 Å². The van der Waals surface area contributed by atoms with Crippen LogP contribution in [-0.2, 0) is 91.5 Å². The Morgan fingerprint density at radius 3 is 1.26 bits per heavy atom. The number of fused-ring (bicyclic) bond motifs is 2. The molecule has 10 atom stereocenters. The van der Waals surface area contributed by atoms with E-state index in [1.165, 1.54) is 28.0 Å². The summed E-state index contributed by atoms with van der Waals surface area (Å²) < 4.78 is 4.86. The number of nitrogens with one attached hydrogen (secondary N) is 4. The van der Waals surface area contributed by atoms with Crippen LogP contribution in [0.5, 0.6) is 0 Å². The van der Waals surface area contributed by atoms with Gasteiger partial charge in [0.05, 0.1) is 19.2 Å². The number of ketones is 4. The van der Waals surface area contributed by atoms with E-state index < -0.39 is 70.7 Å². The van der Waals surface area contributed by atoms with E-state index in [9.17, 15) is 53.1 Å². The minimum Gasteiger partial charge on any atom is -0.870 e. The molecule has 0 bridgehead atoms. The molecule has 101 heavy (non-hydrogen) atoms. The number of unbranched alkanes of at least 4 members (excludes halogenated alkanes) is 2. The van der Waals surface area contributed by atoms with Gasteiger partial charge >= 0.3 is 41.5 Å². The zero-order valence-corrected chi connectivity index (χ0v) is 62.1. The molecule has 0 aromatic heterocycles. The molecule has 0 spiro atoms. The number of amides is 4. The van der Waals surface area contributed by atoms with Crippen LogP contribution in [0, 0.1) is 35.5 Å². The van der Waals surface area contributed by atoms with Crippen LogP contribution in [-0.4, -0.2) is 161 Å². The summed E-state index contributed by atoms with van der Waals surface area (Å²) in [4.78, 5) is 138. The van der Waals surface area contributed by atoms with Crippen LogP contribution in [0.25, 0.3) is 0 Å². The zero-order valence-electron chi connectivity index (χ0n) is 60.1. The summed E-state index contributed by atoms with van der Waals surface area (Å²) in [6.45, 7) is 10.3. The quantitative estimate of drug-likeness (QED) is 0.0179. The molecule has 2 fully saturated rings. The predicted molar refractivity (Wildman–Crippen MR) is 381 cm³/mol. The van der Waals surface area contributed by atoms with Gasteiger partial charge in [0.1, 0.15) is 34.7 Å². The van der Waals surface area contributed by atoms with Gasteiger partial charge < -0.3 is 69.3 Å². The topological polar surface area (TPSA) is 389 Å². The first-order valence-corrected chi connectivity index (χ1v) is 35.6. The van der Waals surface area contributed by atoms with Gasteiger partial charge in [-0.3, -0.25) is 43.2 Å². The first-order valence-electron chi connectivity index (χ1n) is 35.6. The monoisotopic (exact) mass is 1400 g/mol. The summed E-state index contributed by atoms with van der Waals surface area (Å²) in [5.41, 5.74) is 27.4. The van der Waals surface area contributed by atoms with Crippen LogP contribution >= 0.6 is 0 Å². The van der Waals surface area contributed by atoms with Gasteiger partial charge in [0.2, 0.25) is 23.6 Å². The Morgan fingerprint density at radius 1 is 0.535 bits per heavy atom. The van der Waals surface area contributed by atoms with Crippen molar-refractivity contribution < 1.29 is 92.8 Å². The van der Waals surface area contributed by atoms with E-state index in [1.807, 2.05) is 131 Å². The second-order valence-corrected chi connectivity index (χ2v) is 28.7. The van der Waals surface area contributed by atoms with Gasteiger partial charge in [-0.2, -0.15) is 0 Å². The van der Waals surface area contributed by atoms with Gasteiger partial charge in [0.25, 0.3) is 0 Å². The number of likely N-dealkylation sites (tertiary alicyclic amines) is 2. The summed E-state index contributed by atoms with van der Waals surface area (Å²) >= 11 is 0. The molecule has 4 heterocycles. The van der Waals surface area contributed by atoms with Crippen molar-refractivity contribution in [2.24, 2.45) is 58.4 Å². The fourth-order valence-electron chi connectivity index (χ4n) is 14.2. The number of rotatable bonds is 36. The minimum atomic E-state index is -1.53. The molecule has 8 rings (SSSR count). The molecule has 4 aromatic rings. The van der Waals surface area contributed by atoms with E-state index in [2.05, 4.69) is 27.3 Å². The van der Waals surface area contributed by atoms with E-state index >= 15 is 0 Å². The molecule has 4 aliphatic heterocycles. The van der Waals surface area contributed by atoms with E-state index in [0.717, 1.165) is 22.3 Å². The summed E-state index contributed by atoms with van der Waals surface area (Å²) in [5, 5.41) is 22.2. The Balaban J connectivity index is 0.000000357. The molecule has 24 heteroatoms. The van der Waals surface area contributed by atoms with E-state index in [4.69, 9.17) is 27.7 Å². The summed E-state index contributed by atoms with van der Waals surface area (Å²) in [5.74, 6) is -6.02. The molecule has 23 nitrogen and oxygen atoms in total. The minimum absolute atomic E-state index is 0. The average Bonchev–Trinajstić information content (AvgIpc) is 1.67. The number of benzene rings is 4. The largest absolute Gasteiger partial charge is 1.00 e. The van der Waals surface area contributed by atoms with Crippen molar-refractivity contribution in [2.75, 3.05) is 46.4 Å². The number of carbonyl (C=O) groups excluding carboxylic acids is 9. The third kappa shape index (κ3) is 25.2. The normalized spacial score (nSPS) is 20.1. The van der Waals surface area contributed by atoms with Gasteiger partial charge in [-0.1, -0.05) is 137 Å². The van der Waals surface area contributed by atoms with Crippen molar-refractivity contribution in [3.05, 3.63) is 143 Å². The van der Waals surface area contributed by atoms with Gasteiger partial charge in [-0.25, -0.2) is 4.79 Å². The summed E-state index contributed by atoms with van der Waals surface area (Å²) in [6.07, 6.45) is 6.36. The maximum atomic E-state index is 14.2. The van der Waals surface area contributed by atoms with E-state index in [0.29, 0.717) is 103 Å². The first-order chi connectivity index (χ1) is 47.3. The number of carboxylic acids is 1. The third-order valence-corrected chi connectivity index (χ3v) is 19.9. The maximum absolute atomic E-state index is 14.2. The van der Waals surface area contributed by atoms with Crippen molar-refractivity contribution >= 4 is 58.7 Å². The molecule has 4 amide bonds. The van der Waals surface area contributed by atoms with E-state index in [-0.39, 0.29) is 158 Å². The molecule has 4 aliphatic rings. The Kier molecular flexibility index (Phi) is 34.7. The van der Waals surface area contributed by atoms with Gasteiger partial charge in [0, 0.05) is 88.6 Å². The Labute approximate surface area is 617 Å². The second kappa shape index (κ2) is 41.4. The number of nitrogens with two attached hydrogens (primary N) is 4. The SMILES string of the molecule is CC(C)C[C@@H](CC(=O)[C@H](CC(=O)[C@H]1Cc2ccccc2CN1)Cc1ccccc1)C(=O)N[C@H](CCCCN)C(=O)N1CCC(N)(C(=O)O)C1.COC(=O)C1(N)CCN(C(=O)[C@@H](CCCCN)NC(=O)[C@H](CC(=O)[C@H](CC(=O)[C@H]2Cc3ccccc3CN2)Cc2ccccc2)CC(C)C)C1.[Na+].[OH-]. The molecule has 0 saturated carbocycles. The molecule has 2 unspecified atom stereocenters. The number of esters is 1. The first kappa shape index (κ1) is 84.8. The van der Waals surface area contributed by atoms with Crippen LogP contribution in [0.4, 0.5) is 0 Å². The van der Waals surface area contributed by atoms with Crippen molar-refractivity contribution in [1.82, 2.24) is 31.1 Å².